The second-order valence-corrected chi connectivity index (χ2v) is 6.87. The first-order chi connectivity index (χ1) is 10.8. The highest BCUT2D eigenvalue weighted by atomic mass is 16.1. The molecule has 1 aliphatic carbocycles. The van der Waals surface area contributed by atoms with Gasteiger partial charge in [0.1, 0.15) is 0 Å². The van der Waals surface area contributed by atoms with Crippen LogP contribution in [0.1, 0.15) is 56.4 Å². The lowest BCUT2D eigenvalue weighted by molar-refractivity contribution is -0.122. The van der Waals surface area contributed by atoms with Gasteiger partial charge in [-0.3, -0.25) is 4.79 Å². The molecule has 0 bridgehead atoms. The first kappa shape index (κ1) is 15.5. The highest BCUT2D eigenvalue weighted by Gasteiger charge is 2.27. The molecule has 0 spiro atoms. The molecule has 1 heterocycles. The van der Waals surface area contributed by atoms with E-state index >= 15 is 0 Å². The molecule has 1 saturated carbocycles. The highest BCUT2D eigenvalue weighted by Crippen LogP contribution is 2.33. The standard InChI is InChI=1S/C19H28N2O/c22-19(11-10-15-12-13-20-14-15)21-18-9-5-4-8-17(18)16-6-2-1-3-7-16/h1-3,6-7,15,17-18,20H,4-5,8-14H2,(H,21,22). The minimum Gasteiger partial charge on any atom is -0.353 e. The lowest BCUT2D eigenvalue weighted by Gasteiger charge is -2.32. The predicted molar refractivity (Wildman–Crippen MR) is 89.8 cm³/mol. The van der Waals surface area contributed by atoms with Crippen molar-refractivity contribution in [1.82, 2.24) is 10.6 Å². The molecule has 3 nitrogen and oxygen atoms in total. The van der Waals surface area contributed by atoms with Crippen molar-refractivity contribution < 1.29 is 4.79 Å². The molecule has 3 unspecified atom stereocenters. The number of benzene rings is 1. The normalized spacial score (nSPS) is 28.5. The Kier molecular flexibility index (Phi) is 5.49. The summed E-state index contributed by atoms with van der Waals surface area (Å²) < 4.78 is 0. The third kappa shape index (κ3) is 4.10. The Morgan fingerprint density at radius 1 is 1.14 bits per heavy atom. The Morgan fingerprint density at radius 2 is 1.95 bits per heavy atom. The van der Waals surface area contributed by atoms with Crippen molar-refractivity contribution >= 4 is 5.91 Å². The molecule has 1 aromatic rings. The summed E-state index contributed by atoms with van der Waals surface area (Å²) in [7, 11) is 0. The first-order valence-corrected chi connectivity index (χ1v) is 8.88. The summed E-state index contributed by atoms with van der Waals surface area (Å²) in [5.74, 6) is 1.44. The molecular weight excluding hydrogens is 272 g/mol. The first-order valence-electron chi connectivity index (χ1n) is 8.88. The van der Waals surface area contributed by atoms with Gasteiger partial charge in [-0.2, -0.15) is 0 Å². The highest BCUT2D eigenvalue weighted by molar-refractivity contribution is 5.76. The van der Waals surface area contributed by atoms with E-state index in [-0.39, 0.29) is 5.91 Å². The van der Waals surface area contributed by atoms with Crippen LogP contribution >= 0.6 is 0 Å². The molecule has 2 fully saturated rings. The van der Waals surface area contributed by atoms with Crippen LogP contribution in [0.3, 0.4) is 0 Å². The summed E-state index contributed by atoms with van der Waals surface area (Å²) in [5, 5.41) is 6.71. The van der Waals surface area contributed by atoms with E-state index in [1.54, 1.807) is 0 Å². The second kappa shape index (κ2) is 7.77. The van der Waals surface area contributed by atoms with Crippen molar-refractivity contribution in [3.63, 3.8) is 0 Å². The summed E-state index contributed by atoms with van der Waals surface area (Å²) in [5.41, 5.74) is 1.38. The van der Waals surface area contributed by atoms with E-state index in [0.717, 1.165) is 25.9 Å². The number of hydrogen-bond donors (Lipinski definition) is 2. The van der Waals surface area contributed by atoms with Gasteiger partial charge in [-0.1, -0.05) is 43.2 Å². The zero-order valence-electron chi connectivity index (χ0n) is 13.4. The molecule has 2 aliphatic rings. The van der Waals surface area contributed by atoms with Crippen molar-refractivity contribution in [2.45, 2.75) is 56.9 Å². The van der Waals surface area contributed by atoms with Gasteiger partial charge in [0.05, 0.1) is 0 Å². The smallest absolute Gasteiger partial charge is 0.220 e. The second-order valence-electron chi connectivity index (χ2n) is 6.87. The number of amides is 1. The maximum atomic E-state index is 12.3. The molecule has 3 atom stereocenters. The topological polar surface area (TPSA) is 41.1 Å². The number of carbonyl (C=O) groups excluding carboxylic acids is 1. The number of rotatable bonds is 5. The molecule has 1 aromatic carbocycles. The minimum atomic E-state index is 0.250. The largest absolute Gasteiger partial charge is 0.353 e. The van der Waals surface area contributed by atoms with Gasteiger partial charge in [-0.15, -0.1) is 0 Å². The number of nitrogens with one attached hydrogen (secondary N) is 2. The molecule has 3 heteroatoms. The minimum absolute atomic E-state index is 0.250. The Bertz CT molecular complexity index is 468. The molecule has 120 valence electrons. The van der Waals surface area contributed by atoms with Crippen LogP contribution in [0, 0.1) is 5.92 Å². The van der Waals surface area contributed by atoms with Crippen LogP contribution in [0.4, 0.5) is 0 Å². The van der Waals surface area contributed by atoms with Crippen LogP contribution in [0.2, 0.25) is 0 Å². The van der Waals surface area contributed by atoms with E-state index in [4.69, 9.17) is 0 Å². The quantitative estimate of drug-likeness (QED) is 0.876. The van der Waals surface area contributed by atoms with Crippen molar-refractivity contribution in [2.75, 3.05) is 13.1 Å². The van der Waals surface area contributed by atoms with Gasteiger partial charge >= 0.3 is 0 Å². The van der Waals surface area contributed by atoms with Gasteiger partial charge in [-0.25, -0.2) is 0 Å². The summed E-state index contributed by atoms with van der Waals surface area (Å²) in [4.78, 5) is 12.3. The van der Waals surface area contributed by atoms with E-state index in [1.165, 1.54) is 31.2 Å². The maximum absolute atomic E-state index is 12.3. The van der Waals surface area contributed by atoms with Gasteiger partial charge in [0.15, 0.2) is 0 Å². The Labute approximate surface area is 133 Å². The van der Waals surface area contributed by atoms with Crippen LogP contribution in [-0.4, -0.2) is 25.0 Å². The molecule has 2 N–H and O–H groups in total. The van der Waals surface area contributed by atoms with E-state index in [0.29, 0.717) is 24.3 Å². The average Bonchev–Trinajstić information content (AvgIpc) is 3.08. The third-order valence-electron chi connectivity index (χ3n) is 5.28. The Balaban J connectivity index is 1.53. The summed E-state index contributed by atoms with van der Waals surface area (Å²) in [6.45, 7) is 2.20. The van der Waals surface area contributed by atoms with Gasteiger partial charge in [0.2, 0.25) is 5.91 Å². The molecule has 1 amide bonds. The summed E-state index contributed by atoms with van der Waals surface area (Å²) >= 11 is 0. The van der Waals surface area contributed by atoms with Crippen molar-refractivity contribution in [3.8, 4) is 0 Å². The van der Waals surface area contributed by atoms with Gasteiger partial charge < -0.3 is 10.6 Å². The van der Waals surface area contributed by atoms with E-state index in [9.17, 15) is 4.79 Å². The Morgan fingerprint density at radius 3 is 2.73 bits per heavy atom. The molecule has 1 saturated heterocycles. The lowest BCUT2D eigenvalue weighted by Crippen LogP contribution is -2.41. The fourth-order valence-corrected chi connectivity index (χ4v) is 3.98. The molecule has 3 rings (SSSR count). The van der Waals surface area contributed by atoms with Crippen LogP contribution in [0.15, 0.2) is 30.3 Å². The fraction of sp³-hybridized carbons (Fsp3) is 0.632. The third-order valence-corrected chi connectivity index (χ3v) is 5.28. The molecule has 0 aromatic heterocycles. The molecule has 22 heavy (non-hydrogen) atoms. The van der Waals surface area contributed by atoms with Crippen LogP contribution in [0.25, 0.3) is 0 Å². The predicted octanol–water partition coefficient (Wildman–Crippen LogP) is 3.22. The van der Waals surface area contributed by atoms with Crippen molar-refractivity contribution in [3.05, 3.63) is 35.9 Å². The van der Waals surface area contributed by atoms with Gasteiger partial charge in [0.25, 0.3) is 0 Å². The molecular formula is C19H28N2O. The summed E-state index contributed by atoms with van der Waals surface area (Å²) in [6.07, 6.45) is 7.77. The van der Waals surface area contributed by atoms with Crippen LogP contribution in [0.5, 0.6) is 0 Å². The zero-order valence-corrected chi connectivity index (χ0v) is 13.4. The lowest BCUT2D eigenvalue weighted by atomic mass is 9.80. The van der Waals surface area contributed by atoms with Crippen LogP contribution in [-0.2, 0) is 4.79 Å². The fourth-order valence-electron chi connectivity index (χ4n) is 3.98. The average molecular weight is 300 g/mol. The van der Waals surface area contributed by atoms with Gasteiger partial charge in [0, 0.05) is 18.4 Å². The van der Waals surface area contributed by atoms with Gasteiger partial charge in [-0.05, 0) is 50.3 Å². The van der Waals surface area contributed by atoms with E-state index in [1.807, 2.05) is 0 Å². The number of carbonyl (C=O) groups is 1. The monoisotopic (exact) mass is 300 g/mol. The molecule has 0 radical (unpaired) electrons. The zero-order chi connectivity index (χ0) is 15.2. The summed E-state index contributed by atoms with van der Waals surface area (Å²) in [6, 6.07) is 11.0. The molecule has 1 aliphatic heterocycles. The van der Waals surface area contributed by atoms with Crippen LogP contribution < -0.4 is 10.6 Å². The number of hydrogen-bond acceptors (Lipinski definition) is 2. The SMILES string of the molecule is O=C(CCC1CCNC1)NC1CCCCC1c1ccccc1. The maximum Gasteiger partial charge on any atom is 0.220 e. The Hall–Kier alpha value is -1.35. The van der Waals surface area contributed by atoms with E-state index < -0.39 is 0 Å². The van der Waals surface area contributed by atoms with E-state index in [2.05, 4.69) is 41.0 Å². The van der Waals surface area contributed by atoms with Crippen molar-refractivity contribution in [2.24, 2.45) is 5.92 Å². The van der Waals surface area contributed by atoms with Crippen molar-refractivity contribution in [1.29, 1.82) is 0 Å².